The zero-order valence-electron chi connectivity index (χ0n) is 12.2. The lowest BCUT2D eigenvalue weighted by Crippen LogP contribution is -2.43. The van der Waals surface area contributed by atoms with E-state index in [2.05, 4.69) is 19.2 Å². The number of rotatable bonds is 9. The van der Waals surface area contributed by atoms with E-state index in [4.69, 9.17) is 15.2 Å². The van der Waals surface area contributed by atoms with Crippen molar-refractivity contribution < 1.29 is 14.3 Å². The fourth-order valence-corrected chi connectivity index (χ4v) is 2.08. The van der Waals surface area contributed by atoms with E-state index in [0.29, 0.717) is 18.9 Å². The van der Waals surface area contributed by atoms with Crippen LogP contribution in [0.25, 0.3) is 0 Å². The molecule has 0 aromatic heterocycles. The first-order chi connectivity index (χ1) is 8.44. The van der Waals surface area contributed by atoms with Gasteiger partial charge in [-0.2, -0.15) is 0 Å². The normalized spacial score (nSPS) is 14.9. The molecule has 0 saturated heterocycles. The van der Waals surface area contributed by atoms with Crippen LogP contribution in [0.1, 0.15) is 33.6 Å². The highest BCUT2D eigenvalue weighted by Gasteiger charge is 2.20. The number of amides is 1. The minimum Gasteiger partial charge on any atom is -0.354 e. The average molecular weight is 260 g/mol. The van der Waals surface area contributed by atoms with Crippen LogP contribution < -0.4 is 11.1 Å². The van der Waals surface area contributed by atoms with Gasteiger partial charge in [-0.25, -0.2) is 0 Å². The number of ether oxygens (including phenoxy) is 2. The first kappa shape index (κ1) is 17.4. The Balaban J connectivity index is 4.15. The molecule has 5 heteroatoms. The third-order valence-electron chi connectivity index (χ3n) is 2.87. The molecule has 0 aromatic rings. The van der Waals surface area contributed by atoms with Gasteiger partial charge in [-0.05, 0) is 31.7 Å². The van der Waals surface area contributed by atoms with Crippen LogP contribution >= 0.6 is 0 Å². The topological polar surface area (TPSA) is 73.6 Å². The molecule has 0 bridgehead atoms. The van der Waals surface area contributed by atoms with Gasteiger partial charge in [-0.1, -0.05) is 13.8 Å². The summed E-state index contributed by atoms with van der Waals surface area (Å²) in [6, 6.07) is -0.176. The minimum absolute atomic E-state index is 0.00213. The van der Waals surface area contributed by atoms with Crippen molar-refractivity contribution in [3.63, 3.8) is 0 Å². The fraction of sp³-hybridized carbons (Fsp3) is 0.923. The summed E-state index contributed by atoms with van der Waals surface area (Å²) in [7, 11) is 3.11. The molecule has 0 aliphatic rings. The van der Waals surface area contributed by atoms with Gasteiger partial charge in [-0.3, -0.25) is 4.79 Å². The summed E-state index contributed by atoms with van der Waals surface area (Å²) < 4.78 is 10.2. The molecule has 0 saturated carbocycles. The van der Waals surface area contributed by atoms with Crippen LogP contribution in [0.15, 0.2) is 0 Å². The predicted octanol–water partition coefficient (Wildman–Crippen LogP) is 1.12. The molecule has 0 aliphatic heterocycles. The van der Waals surface area contributed by atoms with Gasteiger partial charge < -0.3 is 20.5 Å². The Morgan fingerprint density at radius 2 is 1.78 bits per heavy atom. The highest BCUT2D eigenvalue weighted by molar-refractivity contribution is 5.76. The second kappa shape index (κ2) is 9.30. The van der Waals surface area contributed by atoms with Crippen molar-refractivity contribution in [3.8, 4) is 0 Å². The van der Waals surface area contributed by atoms with E-state index < -0.39 is 6.29 Å². The molecule has 1 amide bonds. The van der Waals surface area contributed by atoms with Crippen LogP contribution in [0.3, 0.4) is 0 Å². The van der Waals surface area contributed by atoms with Crippen LogP contribution in [-0.2, 0) is 14.3 Å². The zero-order valence-corrected chi connectivity index (χ0v) is 12.2. The number of hydrogen-bond acceptors (Lipinski definition) is 4. The third kappa shape index (κ3) is 6.93. The van der Waals surface area contributed by atoms with E-state index in [9.17, 15) is 4.79 Å². The summed E-state index contributed by atoms with van der Waals surface area (Å²) >= 11 is 0. The first-order valence-corrected chi connectivity index (χ1v) is 6.49. The maximum Gasteiger partial charge on any atom is 0.220 e. The van der Waals surface area contributed by atoms with Gasteiger partial charge in [0, 0.05) is 20.6 Å². The molecule has 0 aliphatic carbocycles. The number of nitrogens with two attached hydrogens (primary N) is 1. The van der Waals surface area contributed by atoms with Crippen LogP contribution in [0.5, 0.6) is 0 Å². The van der Waals surface area contributed by atoms with Crippen LogP contribution in [0.2, 0.25) is 0 Å². The summed E-state index contributed by atoms with van der Waals surface area (Å²) in [5, 5.41) is 2.88. The molecule has 0 fully saturated rings. The molecule has 108 valence electrons. The Hall–Kier alpha value is -0.650. The Kier molecular flexibility index (Phi) is 8.97. The van der Waals surface area contributed by atoms with Crippen molar-refractivity contribution in [1.29, 1.82) is 0 Å². The summed E-state index contributed by atoms with van der Waals surface area (Å²) in [5.41, 5.74) is 5.68. The minimum atomic E-state index is -0.421. The Bertz CT molecular complexity index is 224. The predicted molar refractivity (Wildman–Crippen MR) is 72.0 cm³/mol. The molecule has 0 aromatic carbocycles. The van der Waals surface area contributed by atoms with Gasteiger partial charge in [0.15, 0.2) is 6.29 Å². The number of hydrogen-bond donors (Lipinski definition) is 2. The van der Waals surface area contributed by atoms with Crippen LogP contribution in [0.4, 0.5) is 0 Å². The number of methoxy groups -OCH3 is 2. The van der Waals surface area contributed by atoms with Crippen LogP contribution in [0, 0.1) is 11.8 Å². The van der Waals surface area contributed by atoms with Gasteiger partial charge >= 0.3 is 0 Å². The summed E-state index contributed by atoms with van der Waals surface area (Å²) in [5.74, 6) is 0.785. The molecule has 2 unspecified atom stereocenters. The van der Waals surface area contributed by atoms with E-state index in [0.717, 1.165) is 6.42 Å². The van der Waals surface area contributed by atoms with E-state index in [1.807, 2.05) is 6.92 Å². The molecule has 0 heterocycles. The van der Waals surface area contributed by atoms with E-state index in [-0.39, 0.29) is 17.9 Å². The second-order valence-corrected chi connectivity index (χ2v) is 5.13. The van der Waals surface area contributed by atoms with Crippen molar-refractivity contribution in [2.45, 2.75) is 45.9 Å². The molecular weight excluding hydrogens is 232 g/mol. The molecular formula is C13H28N2O3. The molecule has 5 nitrogen and oxygen atoms in total. The maximum absolute atomic E-state index is 11.9. The molecule has 3 N–H and O–H groups in total. The van der Waals surface area contributed by atoms with Crippen molar-refractivity contribution >= 4 is 5.91 Å². The summed E-state index contributed by atoms with van der Waals surface area (Å²) in [6.45, 7) is 6.66. The summed E-state index contributed by atoms with van der Waals surface area (Å²) in [6.07, 6.45) is 1.01. The Labute approximate surface area is 110 Å². The lowest BCUT2D eigenvalue weighted by molar-refractivity contribution is -0.136. The lowest BCUT2D eigenvalue weighted by atomic mass is 9.94. The fourth-order valence-electron chi connectivity index (χ4n) is 2.08. The highest BCUT2D eigenvalue weighted by atomic mass is 16.7. The molecule has 2 atom stereocenters. The zero-order chi connectivity index (χ0) is 14.1. The summed E-state index contributed by atoms with van der Waals surface area (Å²) in [4.78, 5) is 11.9. The SMILES string of the molecule is COC(OC)C(C)NC(=O)CC(CN)CC(C)C. The standard InChI is InChI=1S/C13H28N2O3/c1-9(2)6-11(8-14)7-12(16)15-10(3)13(17-4)18-5/h9-11,13H,6-8,14H2,1-5H3,(H,15,16). The molecule has 0 rings (SSSR count). The van der Waals surface area contributed by atoms with Gasteiger partial charge in [0.25, 0.3) is 0 Å². The van der Waals surface area contributed by atoms with E-state index in [1.54, 1.807) is 14.2 Å². The maximum atomic E-state index is 11.9. The Morgan fingerprint density at radius 3 is 2.17 bits per heavy atom. The van der Waals surface area contributed by atoms with Gasteiger partial charge in [-0.15, -0.1) is 0 Å². The number of carbonyl (C=O) groups is 1. The van der Waals surface area contributed by atoms with Crippen molar-refractivity contribution in [2.75, 3.05) is 20.8 Å². The van der Waals surface area contributed by atoms with E-state index in [1.165, 1.54) is 0 Å². The highest BCUT2D eigenvalue weighted by Crippen LogP contribution is 2.14. The molecule has 18 heavy (non-hydrogen) atoms. The second-order valence-electron chi connectivity index (χ2n) is 5.13. The molecule has 0 radical (unpaired) electrons. The molecule has 0 spiro atoms. The van der Waals surface area contributed by atoms with Crippen LogP contribution in [-0.4, -0.2) is 39.0 Å². The van der Waals surface area contributed by atoms with Gasteiger partial charge in [0.2, 0.25) is 5.91 Å². The smallest absolute Gasteiger partial charge is 0.220 e. The number of nitrogens with one attached hydrogen (secondary N) is 1. The quantitative estimate of drug-likeness (QED) is 0.609. The third-order valence-corrected chi connectivity index (χ3v) is 2.87. The van der Waals surface area contributed by atoms with Gasteiger partial charge in [0.05, 0.1) is 6.04 Å². The van der Waals surface area contributed by atoms with Crippen molar-refractivity contribution in [2.24, 2.45) is 17.6 Å². The lowest BCUT2D eigenvalue weighted by Gasteiger charge is -2.23. The van der Waals surface area contributed by atoms with E-state index >= 15 is 0 Å². The first-order valence-electron chi connectivity index (χ1n) is 6.49. The largest absolute Gasteiger partial charge is 0.354 e. The monoisotopic (exact) mass is 260 g/mol. The van der Waals surface area contributed by atoms with Crippen molar-refractivity contribution in [1.82, 2.24) is 5.32 Å². The number of carbonyl (C=O) groups excluding carboxylic acids is 1. The Morgan fingerprint density at radius 1 is 1.22 bits per heavy atom. The average Bonchev–Trinajstić information content (AvgIpc) is 2.28. The van der Waals surface area contributed by atoms with Crippen molar-refractivity contribution in [3.05, 3.63) is 0 Å². The van der Waals surface area contributed by atoms with Gasteiger partial charge in [0.1, 0.15) is 0 Å².